The van der Waals surface area contributed by atoms with Crippen LogP contribution in [0.4, 0.5) is 0 Å². The summed E-state index contributed by atoms with van der Waals surface area (Å²) in [6, 6.07) is 6.56. The van der Waals surface area contributed by atoms with E-state index in [2.05, 4.69) is 40.1 Å². The summed E-state index contributed by atoms with van der Waals surface area (Å²) in [5.74, 6) is 1.58. The van der Waals surface area contributed by atoms with Crippen LogP contribution in [0.5, 0.6) is 0 Å². The Morgan fingerprint density at radius 1 is 1.47 bits per heavy atom. The monoisotopic (exact) mass is 258 g/mol. The van der Waals surface area contributed by atoms with Crippen molar-refractivity contribution in [1.82, 2.24) is 14.9 Å². The van der Waals surface area contributed by atoms with Gasteiger partial charge in [0.05, 0.1) is 11.0 Å². The Kier molecular flexibility index (Phi) is 3.29. The summed E-state index contributed by atoms with van der Waals surface area (Å²) >= 11 is 0. The Morgan fingerprint density at radius 2 is 2.32 bits per heavy atom. The second kappa shape index (κ2) is 4.94. The van der Waals surface area contributed by atoms with Crippen LogP contribution in [0.3, 0.4) is 0 Å². The molecule has 0 aliphatic carbocycles. The van der Waals surface area contributed by atoms with E-state index in [-0.39, 0.29) is 6.04 Å². The zero-order valence-corrected chi connectivity index (χ0v) is 11.7. The van der Waals surface area contributed by atoms with Crippen molar-refractivity contribution in [2.75, 3.05) is 13.1 Å². The van der Waals surface area contributed by atoms with Crippen molar-refractivity contribution in [2.24, 2.45) is 18.7 Å². The van der Waals surface area contributed by atoms with E-state index in [1.54, 1.807) is 0 Å². The van der Waals surface area contributed by atoms with Gasteiger partial charge >= 0.3 is 0 Å². The average Bonchev–Trinajstić information content (AvgIpc) is 2.74. The largest absolute Gasteiger partial charge is 0.331 e. The number of hydrogen-bond donors (Lipinski definition) is 2. The molecule has 1 aromatic heterocycles. The SMILES string of the molecule is Cc1nc2cc(C(N)C3CCCNC3)ccc2n1C. The van der Waals surface area contributed by atoms with Gasteiger partial charge in [-0.05, 0) is 56.5 Å². The molecule has 0 saturated carbocycles. The molecule has 0 spiro atoms. The normalized spacial score (nSPS) is 21.7. The standard InChI is InChI=1S/C15H22N4/c1-10-18-13-8-11(5-6-14(13)19(10)2)15(16)12-4-3-7-17-9-12/h5-6,8,12,15,17H,3-4,7,9,16H2,1-2H3. The van der Waals surface area contributed by atoms with Crippen molar-refractivity contribution in [3.8, 4) is 0 Å². The molecule has 102 valence electrons. The van der Waals surface area contributed by atoms with Crippen molar-refractivity contribution in [3.05, 3.63) is 29.6 Å². The number of nitrogens with one attached hydrogen (secondary N) is 1. The lowest BCUT2D eigenvalue weighted by Crippen LogP contribution is -2.36. The Bertz CT molecular complexity index is 581. The molecule has 2 unspecified atom stereocenters. The Morgan fingerprint density at radius 3 is 3.05 bits per heavy atom. The lowest BCUT2D eigenvalue weighted by atomic mass is 9.88. The molecular weight excluding hydrogens is 236 g/mol. The zero-order valence-electron chi connectivity index (χ0n) is 11.7. The van der Waals surface area contributed by atoms with Gasteiger partial charge in [0, 0.05) is 13.1 Å². The number of hydrogen-bond acceptors (Lipinski definition) is 3. The summed E-state index contributed by atoms with van der Waals surface area (Å²) in [5, 5.41) is 3.44. The number of aromatic nitrogens is 2. The number of piperidine rings is 1. The molecular formula is C15H22N4. The highest BCUT2D eigenvalue weighted by Crippen LogP contribution is 2.27. The fraction of sp³-hybridized carbons (Fsp3) is 0.533. The third kappa shape index (κ3) is 2.26. The van der Waals surface area contributed by atoms with Gasteiger partial charge in [-0.1, -0.05) is 6.07 Å². The van der Waals surface area contributed by atoms with Crippen LogP contribution in [0, 0.1) is 12.8 Å². The molecule has 1 aromatic carbocycles. The minimum Gasteiger partial charge on any atom is -0.331 e. The van der Waals surface area contributed by atoms with Crippen molar-refractivity contribution in [2.45, 2.75) is 25.8 Å². The van der Waals surface area contributed by atoms with Gasteiger partial charge in [-0.2, -0.15) is 0 Å². The summed E-state index contributed by atoms with van der Waals surface area (Å²) in [4.78, 5) is 4.59. The van der Waals surface area contributed by atoms with E-state index in [0.717, 1.165) is 24.4 Å². The number of aryl methyl sites for hydroxylation is 2. The first-order chi connectivity index (χ1) is 9.16. The van der Waals surface area contributed by atoms with Crippen molar-refractivity contribution < 1.29 is 0 Å². The first kappa shape index (κ1) is 12.6. The molecule has 4 nitrogen and oxygen atoms in total. The minimum atomic E-state index is 0.111. The van der Waals surface area contributed by atoms with Gasteiger partial charge in [-0.25, -0.2) is 4.98 Å². The second-order valence-corrected chi connectivity index (χ2v) is 5.60. The van der Waals surface area contributed by atoms with Gasteiger partial charge < -0.3 is 15.6 Å². The highest BCUT2D eigenvalue weighted by atomic mass is 15.0. The summed E-state index contributed by atoms with van der Waals surface area (Å²) in [7, 11) is 2.05. The predicted octanol–water partition coefficient (Wildman–Crippen LogP) is 1.88. The number of imidazole rings is 1. The van der Waals surface area contributed by atoms with Crippen LogP contribution in [0.15, 0.2) is 18.2 Å². The van der Waals surface area contributed by atoms with Crippen molar-refractivity contribution in [3.63, 3.8) is 0 Å². The maximum atomic E-state index is 6.43. The zero-order chi connectivity index (χ0) is 13.4. The van der Waals surface area contributed by atoms with Gasteiger partial charge in [-0.3, -0.25) is 0 Å². The van der Waals surface area contributed by atoms with E-state index < -0.39 is 0 Å². The minimum absolute atomic E-state index is 0.111. The van der Waals surface area contributed by atoms with Gasteiger partial charge in [0.25, 0.3) is 0 Å². The lowest BCUT2D eigenvalue weighted by Gasteiger charge is -2.28. The summed E-state index contributed by atoms with van der Waals surface area (Å²) < 4.78 is 2.12. The molecule has 0 amide bonds. The number of rotatable bonds is 2. The first-order valence-electron chi connectivity index (χ1n) is 7.06. The number of benzene rings is 1. The number of fused-ring (bicyclic) bond motifs is 1. The number of nitrogens with zero attached hydrogens (tertiary/aromatic N) is 2. The lowest BCUT2D eigenvalue weighted by molar-refractivity contribution is 0.326. The van der Waals surface area contributed by atoms with E-state index in [1.165, 1.54) is 23.9 Å². The highest BCUT2D eigenvalue weighted by Gasteiger charge is 2.22. The number of nitrogens with two attached hydrogens (primary N) is 1. The molecule has 0 radical (unpaired) electrons. The molecule has 2 aromatic rings. The van der Waals surface area contributed by atoms with Gasteiger partial charge in [-0.15, -0.1) is 0 Å². The van der Waals surface area contributed by atoms with Crippen LogP contribution < -0.4 is 11.1 Å². The molecule has 1 saturated heterocycles. The van der Waals surface area contributed by atoms with E-state index in [4.69, 9.17) is 5.73 Å². The molecule has 1 fully saturated rings. The quantitative estimate of drug-likeness (QED) is 0.864. The first-order valence-corrected chi connectivity index (χ1v) is 7.06. The van der Waals surface area contributed by atoms with Crippen LogP contribution in [-0.2, 0) is 7.05 Å². The van der Waals surface area contributed by atoms with Crippen LogP contribution in [0.2, 0.25) is 0 Å². The molecule has 3 N–H and O–H groups in total. The maximum absolute atomic E-state index is 6.43. The molecule has 0 bridgehead atoms. The Balaban J connectivity index is 1.91. The van der Waals surface area contributed by atoms with Gasteiger partial charge in [0.2, 0.25) is 0 Å². The molecule has 2 heterocycles. The van der Waals surface area contributed by atoms with Crippen LogP contribution in [-0.4, -0.2) is 22.6 Å². The second-order valence-electron chi connectivity index (χ2n) is 5.60. The third-order valence-corrected chi connectivity index (χ3v) is 4.36. The predicted molar refractivity (Wildman–Crippen MR) is 78.0 cm³/mol. The van der Waals surface area contributed by atoms with E-state index >= 15 is 0 Å². The van der Waals surface area contributed by atoms with Gasteiger partial charge in [0.15, 0.2) is 0 Å². The molecule has 4 heteroatoms. The molecule has 1 aliphatic rings. The van der Waals surface area contributed by atoms with E-state index in [0.29, 0.717) is 5.92 Å². The topological polar surface area (TPSA) is 55.9 Å². The maximum Gasteiger partial charge on any atom is 0.106 e. The van der Waals surface area contributed by atoms with Crippen molar-refractivity contribution >= 4 is 11.0 Å². The van der Waals surface area contributed by atoms with E-state index in [1.807, 2.05) is 6.92 Å². The molecule has 2 atom stereocenters. The molecule has 1 aliphatic heterocycles. The van der Waals surface area contributed by atoms with Crippen LogP contribution >= 0.6 is 0 Å². The molecule has 19 heavy (non-hydrogen) atoms. The fourth-order valence-electron chi connectivity index (χ4n) is 3.00. The highest BCUT2D eigenvalue weighted by molar-refractivity contribution is 5.76. The smallest absolute Gasteiger partial charge is 0.106 e. The van der Waals surface area contributed by atoms with Crippen LogP contribution in [0.25, 0.3) is 11.0 Å². The summed E-state index contributed by atoms with van der Waals surface area (Å²) in [5.41, 5.74) is 9.87. The average molecular weight is 258 g/mol. The van der Waals surface area contributed by atoms with Crippen molar-refractivity contribution in [1.29, 1.82) is 0 Å². The molecule has 3 rings (SSSR count). The van der Waals surface area contributed by atoms with E-state index in [9.17, 15) is 0 Å². The third-order valence-electron chi connectivity index (χ3n) is 4.36. The van der Waals surface area contributed by atoms with Crippen LogP contribution in [0.1, 0.15) is 30.3 Å². The fourth-order valence-corrected chi connectivity index (χ4v) is 3.00. The summed E-state index contributed by atoms with van der Waals surface area (Å²) in [6.45, 7) is 4.19. The summed E-state index contributed by atoms with van der Waals surface area (Å²) in [6.07, 6.45) is 2.44. The Labute approximate surface area is 114 Å². The van der Waals surface area contributed by atoms with Gasteiger partial charge in [0.1, 0.15) is 5.82 Å². The Hall–Kier alpha value is -1.39.